The van der Waals surface area contributed by atoms with E-state index >= 15 is 0 Å². The van der Waals surface area contributed by atoms with Crippen LogP contribution in [0.5, 0.6) is 5.75 Å². The largest absolute Gasteiger partial charge is 0.487 e. The first-order valence-corrected chi connectivity index (χ1v) is 9.69. The molecule has 0 N–H and O–H groups in total. The summed E-state index contributed by atoms with van der Waals surface area (Å²) >= 11 is 0. The highest BCUT2D eigenvalue weighted by molar-refractivity contribution is 5.43. The quantitative estimate of drug-likeness (QED) is 0.691. The van der Waals surface area contributed by atoms with Crippen molar-refractivity contribution in [2.24, 2.45) is 0 Å². The van der Waals surface area contributed by atoms with Crippen LogP contribution in [0.3, 0.4) is 0 Å². The fourth-order valence-electron chi connectivity index (χ4n) is 4.11. The Morgan fingerprint density at radius 2 is 2.14 bits per heavy atom. The zero-order valence-electron chi connectivity index (χ0n) is 16.1. The highest BCUT2D eigenvalue weighted by atomic mass is 16.5. The van der Waals surface area contributed by atoms with Gasteiger partial charge in [-0.05, 0) is 44.0 Å². The molecule has 1 saturated heterocycles. The number of fused-ring (bicyclic) bond motifs is 1. The SMILES string of the molecule is CC1(C)Cc2cc(CN3CCC(c4nnc(-c5cnccn5)o4)C3)ccc2O1. The molecule has 2 aromatic heterocycles. The van der Waals surface area contributed by atoms with Crippen molar-refractivity contribution in [2.45, 2.75) is 44.8 Å². The van der Waals surface area contributed by atoms with Gasteiger partial charge < -0.3 is 9.15 Å². The van der Waals surface area contributed by atoms with Crippen LogP contribution in [-0.2, 0) is 13.0 Å². The Bertz CT molecular complexity index is 985. The predicted octanol–water partition coefficient (Wildman–Crippen LogP) is 3.23. The van der Waals surface area contributed by atoms with Crippen molar-refractivity contribution < 1.29 is 9.15 Å². The zero-order chi connectivity index (χ0) is 19.1. The monoisotopic (exact) mass is 377 g/mol. The highest BCUT2D eigenvalue weighted by Gasteiger charge is 2.31. The molecule has 1 atom stereocenters. The summed E-state index contributed by atoms with van der Waals surface area (Å²) in [5, 5.41) is 8.39. The number of benzene rings is 1. The van der Waals surface area contributed by atoms with Gasteiger partial charge in [-0.1, -0.05) is 12.1 Å². The van der Waals surface area contributed by atoms with E-state index in [1.807, 2.05) is 0 Å². The molecule has 0 aliphatic carbocycles. The molecule has 0 saturated carbocycles. The Labute approximate surface area is 163 Å². The summed E-state index contributed by atoms with van der Waals surface area (Å²) in [7, 11) is 0. The van der Waals surface area contributed by atoms with Gasteiger partial charge in [0, 0.05) is 31.9 Å². The summed E-state index contributed by atoms with van der Waals surface area (Å²) in [6.07, 6.45) is 6.87. The predicted molar refractivity (Wildman–Crippen MR) is 103 cm³/mol. The maximum absolute atomic E-state index is 5.98. The second-order valence-electron chi connectivity index (χ2n) is 8.24. The third-order valence-corrected chi connectivity index (χ3v) is 5.38. The van der Waals surface area contributed by atoms with Crippen molar-refractivity contribution in [2.75, 3.05) is 13.1 Å². The molecule has 28 heavy (non-hydrogen) atoms. The Hall–Kier alpha value is -2.80. The van der Waals surface area contributed by atoms with Crippen LogP contribution in [0.25, 0.3) is 11.6 Å². The first kappa shape index (κ1) is 17.3. The third kappa shape index (κ3) is 3.38. The van der Waals surface area contributed by atoms with Crippen LogP contribution in [0, 0.1) is 0 Å². The van der Waals surface area contributed by atoms with E-state index in [4.69, 9.17) is 9.15 Å². The molecule has 5 rings (SSSR count). The van der Waals surface area contributed by atoms with Gasteiger partial charge in [-0.15, -0.1) is 10.2 Å². The van der Waals surface area contributed by atoms with Crippen molar-refractivity contribution in [1.82, 2.24) is 25.1 Å². The van der Waals surface area contributed by atoms with Crippen molar-refractivity contribution in [1.29, 1.82) is 0 Å². The summed E-state index contributed by atoms with van der Waals surface area (Å²) in [6, 6.07) is 6.57. The number of nitrogens with zero attached hydrogens (tertiary/aromatic N) is 5. The van der Waals surface area contributed by atoms with Crippen LogP contribution in [-0.4, -0.2) is 43.8 Å². The smallest absolute Gasteiger partial charge is 0.267 e. The molecule has 0 bridgehead atoms. The summed E-state index contributed by atoms with van der Waals surface area (Å²) < 4.78 is 11.8. The summed E-state index contributed by atoms with van der Waals surface area (Å²) in [6.45, 7) is 7.14. The number of hydrogen-bond donors (Lipinski definition) is 0. The molecule has 3 aromatic rings. The average Bonchev–Trinajstić information content (AvgIpc) is 3.39. The number of likely N-dealkylation sites (tertiary alicyclic amines) is 1. The van der Waals surface area contributed by atoms with Gasteiger partial charge in [0.25, 0.3) is 5.89 Å². The first-order chi connectivity index (χ1) is 13.6. The molecule has 144 valence electrons. The normalized spacial score (nSPS) is 20.9. The van der Waals surface area contributed by atoms with E-state index in [-0.39, 0.29) is 11.5 Å². The Kier molecular flexibility index (Phi) is 4.12. The molecule has 1 aromatic carbocycles. The van der Waals surface area contributed by atoms with E-state index in [0.717, 1.165) is 38.2 Å². The number of aromatic nitrogens is 4. The lowest BCUT2D eigenvalue weighted by atomic mass is 10.00. The van der Waals surface area contributed by atoms with E-state index in [0.29, 0.717) is 17.5 Å². The lowest BCUT2D eigenvalue weighted by Gasteiger charge is -2.16. The van der Waals surface area contributed by atoms with Crippen molar-refractivity contribution in [3.05, 3.63) is 53.8 Å². The lowest BCUT2D eigenvalue weighted by molar-refractivity contribution is 0.138. The molecule has 4 heterocycles. The van der Waals surface area contributed by atoms with Crippen LogP contribution in [0.2, 0.25) is 0 Å². The summed E-state index contributed by atoms with van der Waals surface area (Å²) in [5.41, 5.74) is 3.15. The average molecular weight is 377 g/mol. The van der Waals surface area contributed by atoms with Gasteiger partial charge in [-0.25, -0.2) is 4.98 Å². The number of hydrogen-bond acceptors (Lipinski definition) is 7. The minimum atomic E-state index is -0.0987. The Morgan fingerprint density at radius 1 is 1.21 bits per heavy atom. The van der Waals surface area contributed by atoms with E-state index in [1.54, 1.807) is 18.6 Å². The van der Waals surface area contributed by atoms with Gasteiger partial charge >= 0.3 is 0 Å². The molecular weight excluding hydrogens is 354 g/mol. The minimum Gasteiger partial charge on any atom is -0.487 e. The molecule has 1 fully saturated rings. The number of rotatable bonds is 4. The van der Waals surface area contributed by atoms with Gasteiger partial charge in [-0.3, -0.25) is 9.88 Å². The molecule has 0 amide bonds. The first-order valence-electron chi connectivity index (χ1n) is 9.69. The van der Waals surface area contributed by atoms with E-state index in [1.165, 1.54) is 11.1 Å². The Morgan fingerprint density at radius 3 is 3.00 bits per heavy atom. The van der Waals surface area contributed by atoms with Crippen molar-refractivity contribution >= 4 is 0 Å². The highest BCUT2D eigenvalue weighted by Crippen LogP contribution is 2.36. The van der Waals surface area contributed by atoms with E-state index < -0.39 is 0 Å². The van der Waals surface area contributed by atoms with Crippen LogP contribution in [0.4, 0.5) is 0 Å². The zero-order valence-corrected chi connectivity index (χ0v) is 16.1. The summed E-state index contributed by atoms with van der Waals surface area (Å²) in [4.78, 5) is 10.7. The van der Waals surface area contributed by atoms with Gasteiger partial charge in [0.2, 0.25) is 5.89 Å². The Balaban J connectivity index is 1.24. The molecule has 7 nitrogen and oxygen atoms in total. The van der Waals surface area contributed by atoms with E-state index in [9.17, 15) is 0 Å². The van der Waals surface area contributed by atoms with Crippen LogP contribution in [0.15, 0.2) is 41.2 Å². The van der Waals surface area contributed by atoms with E-state index in [2.05, 4.69) is 57.1 Å². The molecule has 2 aliphatic heterocycles. The number of ether oxygens (including phenoxy) is 1. The molecule has 0 radical (unpaired) electrons. The maximum atomic E-state index is 5.98. The minimum absolute atomic E-state index is 0.0987. The van der Waals surface area contributed by atoms with Crippen molar-refractivity contribution in [3.8, 4) is 17.3 Å². The molecule has 0 spiro atoms. The second-order valence-corrected chi connectivity index (χ2v) is 8.24. The van der Waals surface area contributed by atoms with Crippen LogP contribution < -0.4 is 4.74 Å². The second kappa shape index (κ2) is 6.67. The van der Waals surface area contributed by atoms with Crippen molar-refractivity contribution in [3.63, 3.8) is 0 Å². The van der Waals surface area contributed by atoms with Gasteiger partial charge in [0.05, 0.1) is 12.1 Å². The van der Waals surface area contributed by atoms with Crippen LogP contribution >= 0.6 is 0 Å². The molecule has 2 aliphatic rings. The van der Waals surface area contributed by atoms with Gasteiger partial charge in [0.1, 0.15) is 17.0 Å². The van der Waals surface area contributed by atoms with Gasteiger partial charge in [0.15, 0.2) is 0 Å². The molecule has 1 unspecified atom stereocenters. The topological polar surface area (TPSA) is 77.2 Å². The summed E-state index contributed by atoms with van der Waals surface area (Å²) in [5.74, 6) is 2.40. The standard InChI is InChI=1S/C21H23N5O2/c1-21(2)10-16-9-14(3-4-18(16)28-21)12-26-8-5-15(13-26)19-24-25-20(27-19)17-11-22-6-7-23-17/h3-4,6-7,9,11,15H,5,8,10,12-13H2,1-2H3. The maximum Gasteiger partial charge on any atom is 0.267 e. The fourth-order valence-corrected chi connectivity index (χ4v) is 4.11. The molecular formula is C21H23N5O2. The third-order valence-electron chi connectivity index (χ3n) is 5.38. The van der Waals surface area contributed by atoms with Gasteiger partial charge in [-0.2, -0.15) is 0 Å². The molecule has 7 heteroatoms. The lowest BCUT2D eigenvalue weighted by Crippen LogP contribution is -2.24. The fraction of sp³-hybridized carbons (Fsp3) is 0.429. The van der Waals surface area contributed by atoms with Crippen LogP contribution in [0.1, 0.15) is 43.2 Å².